The van der Waals surface area contributed by atoms with Crippen LogP contribution in [0, 0.1) is 0 Å². The van der Waals surface area contributed by atoms with Crippen molar-refractivity contribution in [2.75, 3.05) is 20.8 Å². The summed E-state index contributed by atoms with van der Waals surface area (Å²) in [7, 11) is 3.28. The number of carbonyl (C=O) groups is 1. The van der Waals surface area contributed by atoms with Gasteiger partial charge in [-0.3, -0.25) is 4.79 Å². The quantitative estimate of drug-likeness (QED) is 0.520. The van der Waals surface area contributed by atoms with Crippen LogP contribution in [0.25, 0.3) is 0 Å². The molecule has 0 fully saturated rings. The van der Waals surface area contributed by atoms with Gasteiger partial charge in [-0.05, 0) is 47.4 Å². The predicted octanol–water partition coefficient (Wildman–Crippen LogP) is 5.12. The lowest BCUT2D eigenvalue weighted by molar-refractivity contribution is -0.131. The Labute approximate surface area is 181 Å². The summed E-state index contributed by atoms with van der Waals surface area (Å²) in [4.78, 5) is 16.7. The van der Waals surface area contributed by atoms with Crippen molar-refractivity contribution in [1.29, 1.82) is 0 Å². The van der Waals surface area contributed by atoms with E-state index in [0.717, 1.165) is 28.2 Å². The van der Waals surface area contributed by atoms with E-state index in [-0.39, 0.29) is 11.2 Å². The van der Waals surface area contributed by atoms with Crippen LogP contribution in [-0.2, 0) is 17.8 Å². The van der Waals surface area contributed by atoms with Gasteiger partial charge in [-0.15, -0.1) is 11.8 Å². The minimum Gasteiger partial charge on any atom is -0.493 e. The number of rotatable bonds is 6. The van der Waals surface area contributed by atoms with E-state index < -0.39 is 0 Å². The summed E-state index contributed by atoms with van der Waals surface area (Å²) in [5.74, 6) is 1.57. The fraction of sp³-hybridized carbons (Fsp3) is 0.240. The summed E-state index contributed by atoms with van der Waals surface area (Å²) in [6, 6.07) is 24.2. The van der Waals surface area contributed by atoms with E-state index in [1.165, 1.54) is 5.56 Å². The lowest BCUT2D eigenvalue weighted by Gasteiger charge is -2.32. The number of nitrogens with zero attached hydrogens (tertiary/aromatic N) is 1. The molecule has 4 nitrogen and oxygen atoms in total. The molecule has 0 aromatic heterocycles. The summed E-state index contributed by atoms with van der Waals surface area (Å²) in [5, 5.41) is -0.282. The van der Waals surface area contributed by atoms with Crippen LogP contribution in [-0.4, -0.2) is 31.6 Å². The number of carbonyl (C=O) groups excluding carboxylic acids is 1. The monoisotopic (exact) mass is 419 g/mol. The smallest absolute Gasteiger partial charge is 0.240 e. The maximum absolute atomic E-state index is 13.6. The molecule has 1 unspecified atom stereocenters. The molecule has 0 radical (unpaired) electrons. The highest BCUT2D eigenvalue weighted by molar-refractivity contribution is 8.00. The van der Waals surface area contributed by atoms with E-state index in [2.05, 4.69) is 12.1 Å². The molecule has 5 heteroatoms. The van der Waals surface area contributed by atoms with Crippen molar-refractivity contribution in [1.82, 2.24) is 4.90 Å². The Morgan fingerprint density at radius 3 is 2.13 bits per heavy atom. The SMILES string of the molecule is COc1cc2c(cc1OC)CN(C(=O)C(Sc1ccccc1)c1ccccc1)CC2. The van der Waals surface area contributed by atoms with Crippen molar-refractivity contribution in [3.05, 3.63) is 89.5 Å². The molecular weight excluding hydrogens is 394 g/mol. The summed E-state index contributed by atoms with van der Waals surface area (Å²) < 4.78 is 10.9. The van der Waals surface area contributed by atoms with E-state index in [9.17, 15) is 4.79 Å². The molecule has 0 bridgehead atoms. The van der Waals surface area contributed by atoms with E-state index in [1.54, 1.807) is 26.0 Å². The maximum Gasteiger partial charge on any atom is 0.240 e. The van der Waals surface area contributed by atoms with Gasteiger partial charge in [-0.2, -0.15) is 0 Å². The molecule has 1 aliphatic heterocycles. The van der Waals surface area contributed by atoms with Gasteiger partial charge in [0.1, 0.15) is 5.25 Å². The molecular formula is C25H25NO3S. The summed E-state index contributed by atoms with van der Waals surface area (Å²) in [6.07, 6.45) is 0.805. The summed E-state index contributed by atoms with van der Waals surface area (Å²) in [6.45, 7) is 1.27. The van der Waals surface area contributed by atoms with Gasteiger partial charge in [0.25, 0.3) is 0 Å². The van der Waals surface area contributed by atoms with Crippen LogP contribution in [0.2, 0.25) is 0 Å². The van der Waals surface area contributed by atoms with Crippen LogP contribution in [0.3, 0.4) is 0 Å². The van der Waals surface area contributed by atoms with Gasteiger partial charge in [0.2, 0.25) is 5.91 Å². The first-order chi connectivity index (χ1) is 14.7. The molecule has 0 saturated heterocycles. The average molecular weight is 420 g/mol. The Hall–Kier alpha value is -2.92. The van der Waals surface area contributed by atoms with Crippen LogP contribution < -0.4 is 9.47 Å². The van der Waals surface area contributed by atoms with E-state index in [1.807, 2.05) is 65.6 Å². The Bertz CT molecular complexity index is 1010. The minimum atomic E-state index is -0.282. The second kappa shape index (κ2) is 9.26. The molecule has 1 aliphatic rings. The van der Waals surface area contributed by atoms with Crippen LogP contribution in [0.5, 0.6) is 11.5 Å². The van der Waals surface area contributed by atoms with Crippen LogP contribution in [0.1, 0.15) is 21.9 Å². The first-order valence-electron chi connectivity index (χ1n) is 9.99. The highest BCUT2D eigenvalue weighted by Gasteiger charge is 2.30. The van der Waals surface area contributed by atoms with Gasteiger partial charge >= 0.3 is 0 Å². The molecule has 0 spiro atoms. The van der Waals surface area contributed by atoms with Crippen LogP contribution in [0.15, 0.2) is 77.7 Å². The number of hydrogen-bond donors (Lipinski definition) is 0. The van der Waals surface area contributed by atoms with Crippen molar-refractivity contribution in [2.24, 2.45) is 0 Å². The van der Waals surface area contributed by atoms with Gasteiger partial charge in [-0.25, -0.2) is 0 Å². The molecule has 1 amide bonds. The highest BCUT2D eigenvalue weighted by atomic mass is 32.2. The number of thioether (sulfide) groups is 1. The van der Waals surface area contributed by atoms with Gasteiger partial charge in [0.15, 0.2) is 11.5 Å². The maximum atomic E-state index is 13.6. The third kappa shape index (κ3) is 4.31. The lowest BCUT2D eigenvalue weighted by Crippen LogP contribution is -2.38. The van der Waals surface area contributed by atoms with Gasteiger partial charge in [-0.1, -0.05) is 48.5 Å². The van der Waals surface area contributed by atoms with Crippen LogP contribution >= 0.6 is 11.8 Å². The molecule has 3 aromatic rings. The van der Waals surface area contributed by atoms with Gasteiger partial charge in [0.05, 0.1) is 14.2 Å². The molecule has 30 heavy (non-hydrogen) atoms. The third-order valence-electron chi connectivity index (χ3n) is 5.35. The first kappa shape index (κ1) is 20.4. The Balaban J connectivity index is 1.61. The van der Waals surface area contributed by atoms with Gasteiger partial charge < -0.3 is 14.4 Å². The van der Waals surface area contributed by atoms with Crippen molar-refractivity contribution >= 4 is 17.7 Å². The summed E-state index contributed by atoms with van der Waals surface area (Å²) >= 11 is 1.60. The average Bonchev–Trinajstić information content (AvgIpc) is 2.82. The second-order valence-electron chi connectivity index (χ2n) is 7.21. The Morgan fingerprint density at radius 2 is 1.50 bits per heavy atom. The topological polar surface area (TPSA) is 38.8 Å². The Kier molecular flexibility index (Phi) is 6.29. The molecule has 3 aromatic carbocycles. The van der Waals surface area contributed by atoms with Crippen molar-refractivity contribution < 1.29 is 14.3 Å². The normalized spacial score (nSPS) is 14.0. The lowest BCUT2D eigenvalue weighted by atomic mass is 9.98. The number of fused-ring (bicyclic) bond motifs is 1. The van der Waals surface area contributed by atoms with Gasteiger partial charge in [0, 0.05) is 18.0 Å². The number of methoxy groups -OCH3 is 2. The van der Waals surface area contributed by atoms with Crippen molar-refractivity contribution in [3.63, 3.8) is 0 Å². The minimum absolute atomic E-state index is 0.135. The molecule has 4 rings (SSSR count). The number of ether oxygens (including phenoxy) is 2. The van der Waals surface area contributed by atoms with Crippen LogP contribution in [0.4, 0.5) is 0 Å². The predicted molar refractivity (Wildman–Crippen MR) is 120 cm³/mol. The standard InChI is InChI=1S/C25H25NO3S/c1-28-22-15-19-13-14-26(17-20(19)16-23(22)29-2)25(27)24(18-9-5-3-6-10-18)30-21-11-7-4-8-12-21/h3-12,15-16,24H,13-14,17H2,1-2H3. The zero-order chi connectivity index (χ0) is 20.9. The number of amides is 1. The van der Waals surface area contributed by atoms with E-state index in [4.69, 9.17) is 9.47 Å². The summed E-state index contributed by atoms with van der Waals surface area (Å²) in [5.41, 5.74) is 3.35. The van der Waals surface area contributed by atoms with Crippen molar-refractivity contribution in [2.45, 2.75) is 23.1 Å². The van der Waals surface area contributed by atoms with Crippen molar-refractivity contribution in [3.8, 4) is 11.5 Å². The van der Waals surface area contributed by atoms with E-state index in [0.29, 0.717) is 18.8 Å². The largest absolute Gasteiger partial charge is 0.493 e. The number of hydrogen-bond acceptors (Lipinski definition) is 4. The molecule has 1 atom stereocenters. The number of benzene rings is 3. The second-order valence-corrected chi connectivity index (χ2v) is 8.39. The molecule has 0 N–H and O–H groups in total. The fourth-order valence-electron chi connectivity index (χ4n) is 3.76. The zero-order valence-electron chi connectivity index (χ0n) is 17.2. The fourth-order valence-corrected chi connectivity index (χ4v) is 4.89. The van der Waals surface area contributed by atoms with E-state index >= 15 is 0 Å². The molecule has 154 valence electrons. The molecule has 0 aliphatic carbocycles. The first-order valence-corrected chi connectivity index (χ1v) is 10.9. The highest BCUT2D eigenvalue weighted by Crippen LogP contribution is 2.39. The Morgan fingerprint density at radius 1 is 0.900 bits per heavy atom. The third-order valence-corrected chi connectivity index (χ3v) is 6.61. The molecule has 0 saturated carbocycles. The molecule has 1 heterocycles. The zero-order valence-corrected chi connectivity index (χ0v) is 18.0.